The Hall–Kier alpha value is -3.03. The van der Waals surface area contributed by atoms with Crippen molar-refractivity contribution >= 4 is 5.82 Å². The van der Waals surface area contributed by atoms with E-state index < -0.39 is 0 Å². The van der Waals surface area contributed by atoms with Crippen LogP contribution in [0.5, 0.6) is 0 Å². The first-order chi connectivity index (χ1) is 15.5. The van der Waals surface area contributed by atoms with Crippen LogP contribution in [-0.2, 0) is 4.74 Å². The number of ether oxygens (including phenoxy) is 1. The van der Waals surface area contributed by atoms with E-state index in [-0.39, 0.29) is 17.1 Å². The van der Waals surface area contributed by atoms with E-state index in [1.54, 1.807) is 13.1 Å². The topological polar surface area (TPSA) is 91.9 Å². The highest BCUT2D eigenvalue weighted by molar-refractivity contribution is 5.56. The standard InChI is InChI=1S/C25H31N5O2/c1-17-18(2)28-23(29-24(17)31)21-9-10-22(26-15-21)27-16-25(11-13-32-14-12-25)30-19(3)20-7-5-4-6-8-20/h4-10,15,19,30H,11-14,16H2,1-3H3,(H,26,27)(H,28,29,31). The summed E-state index contributed by atoms with van der Waals surface area (Å²) in [5.74, 6) is 1.33. The minimum atomic E-state index is -0.116. The summed E-state index contributed by atoms with van der Waals surface area (Å²) in [6.07, 6.45) is 3.61. The molecule has 1 unspecified atom stereocenters. The molecule has 1 fully saturated rings. The number of rotatable bonds is 7. The van der Waals surface area contributed by atoms with Crippen molar-refractivity contribution < 1.29 is 4.74 Å². The molecule has 1 saturated heterocycles. The van der Waals surface area contributed by atoms with Crippen molar-refractivity contribution in [2.45, 2.75) is 45.2 Å². The molecule has 1 aliphatic heterocycles. The molecule has 0 radical (unpaired) electrons. The third-order valence-electron chi connectivity index (χ3n) is 6.31. The third kappa shape index (κ3) is 5.06. The smallest absolute Gasteiger partial charge is 0.254 e. The fourth-order valence-corrected chi connectivity index (χ4v) is 4.10. The molecule has 0 bridgehead atoms. The molecule has 0 aliphatic carbocycles. The maximum Gasteiger partial charge on any atom is 0.254 e. The Morgan fingerprint density at radius 3 is 2.53 bits per heavy atom. The Kier molecular flexibility index (Phi) is 6.67. The second kappa shape index (κ2) is 9.63. The second-order valence-corrected chi connectivity index (χ2v) is 8.58. The van der Waals surface area contributed by atoms with Gasteiger partial charge >= 0.3 is 0 Å². The second-order valence-electron chi connectivity index (χ2n) is 8.58. The van der Waals surface area contributed by atoms with Gasteiger partial charge in [-0.15, -0.1) is 0 Å². The number of H-pyrrole nitrogens is 1. The van der Waals surface area contributed by atoms with Crippen LogP contribution >= 0.6 is 0 Å². The highest BCUT2D eigenvalue weighted by Gasteiger charge is 2.33. The van der Waals surface area contributed by atoms with Gasteiger partial charge < -0.3 is 20.4 Å². The largest absolute Gasteiger partial charge is 0.381 e. The summed E-state index contributed by atoms with van der Waals surface area (Å²) >= 11 is 0. The van der Waals surface area contributed by atoms with Crippen LogP contribution in [0.2, 0.25) is 0 Å². The van der Waals surface area contributed by atoms with Crippen LogP contribution in [0.1, 0.15) is 42.6 Å². The highest BCUT2D eigenvalue weighted by Crippen LogP contribution is 2.26. The first kappa shape index (κ1) is 22.2. The summed E-state index contributed by atoms with van der Waals surface area (Å²) in [6.45, 7) is 8.06. The molecule has 3 heterocycles. The Morgan fingerprint density at radius 1 is 1.12 bits per heavy atom. The molecule has 0 amide bonds. The zero-order valence-electron chi connectivity index (χ0n) is 18.9. The van der Waals surface area contributed by atoms with Crippen molar-refractivity contribution in [1.82, 2.24) is 20.3 Å². The van der Waals surface area contributed by atoms with Gasteiger partial charge in [0.1, 0.15) is 11.6 Å². The predicted molar refractivity (Wildman–Crippen MR) is 127 cm³/mol. The van der Waals surface area contributed by atoms with Gasteiger partial charge in [-0.3, -0.25) is 4.79 Å². The number of nitrogens with one attached hydrogen (secondary N) is 3. The van der Waals surface area contributed by atoms with E-state index in [1.807, 2.05) is 25.1 Å². The number of pyridine rings is 1. The summed E-state index contributed by atoms with van der Waals surface area (Å²) in [5, 5.41) is 7.35. The van der Waals surface area contributed by atoms with Gasteiger partial charge in [-0.05, 0) is 51.3 Å². The zero-order valence-corrected chi connectivity index (χ0v) is 18.9. The molecule has 3 aromatic rings. The summed E-state index contributed by atoms with van der Waals surface area (Å²) in [7, 11) is 0. The molecule has 0 saturated carbocycles. The highest BCUT2D eigenvalue weighted by atomic mass is 16.5. The van der Waals surface area contributed by atoms with Gasteiger partial charge in [0.05, 0.1) is 0 Å². The number of aromatic amines is 1. The molecule has 1 aromatic carbocycles. The van der Waals surface area contributed by atoms with E-state index in [4.69, 9.17) is 4.74 Å². The van der Waals surface area contributed by atoms with E-state index >= 15 is 0 Å². The minimum absolute atomic E-state index is 0.0747. The lowest BCUT2D eigenvalue weighted by Crippen LogP contribution is -2.54. The molecule has 3 N–H and O–H groups in total. The van der Waals surface area contributed by atoms with E-state index in [1.165, 1.54) is 5.56 Å². The van der Waals surface area contributed by atoms with Crippen molar-refractivity contribution in [3.8, 4) is 11.4 Å². The van der Waals surface area contributed by atoms with Gasteiger partial charge in [-0.25, -0.2) is 9.97 Å². The number of anilines is 1. The van der Waals surface area contributed by atoms with E-state index in [2.05, 4.69) is 56.8 Å². The van der Waals surface area contributed by atoms with Gasteiger partial charge in [0.2, 0.25) is 0 Å². The van der Waals surface area contributed by atoms with E-state index in [0.29, 0.717) is 11.4 Å². The average molecular weight is 434 g/mol. The van der Waals surface area contributed by atoms with Crippen LogP contribution < -0.4 is 16.2 Å². The minimum Gasteiger partial charge on any atom is -0.381 e. The molecule has 7 nitrogen and oxygen atoms in total. The van der Waals surface area contributed by atoms with E-state index in [9.17, 15) is 4.79 Å². The number of aromatic nitrogens is 3. The van der Waals surface area contributed by atoms with Crippen molar-refractivity contribution in [3.63, 3.8) is 0 Å². The molecule has 1 atom stereocenters. The maximum absolute atomic E-state index is 12.1. The fourth-order valence-electron chi connectivity index (χ4n) is 4.10. The van der Waals surface area contributed by atoms with Crippen LogP contribution in [0.3, 0.4) is 0 Å². The zero-order chi connectivity index (χ0) is 22.6. The van der Waals surface area contributed by atoms with Gasteiger partial charge in [-0.2, -0.15) is 0 Å². The van der Waals surface area contributed by atoms with Crippen molar-refractivity contribution in [3.05, 3.63) is 75.8 Å². The SMILES string of the molecule is Cc1nc(-c2ccc(NCC3(NC(C)c4ccccc4)CCOCC3)nc2)[nH]c(=O)c1C. The summed E-state index contributed by atoms with van der Waals surface area (Å²) < 4.78 is 5.64. The molecule has 2 aromatic heterocycles. The van der Waals surface area contributed by atoms with Crippen LogP contribution in [0, 0.1) is 13.8 Å². The fraction of sp³-hybridized carbons (Fsp3) is 0.400. The lowest BCUT2D eigenvalue weighted by atomic mass is 9.88. The Morgan fingerprint density at radius 2 is 1.88 bits per heavy atom. The summed E-state index contributed by atoms with van der Waals surface area (Å²) in [4.78, 5) is 23.9. The molecule has 32 heavy (non-hydrogen) atoms. The Bertz CT molecular complexity index is 1090. The third-order valence-corrected chi connectivity index (χ3v) is 6.31. The lowest BCUT2D eigenvalue weighted by Gasteiger charge is -2.40. The number of hydrogen-bond donors (Lipinski definition) is 3. The van der Waals surface area contributed by atoms with E-state index in [0.717, 1.165) is 49.7 Å². The number of nitrogens with zero attached hydrogens (tertiary/aromatic N) is 2. The van der Waals surface area contributed by atoms with Crippen molar-refractivity contribution in [2.75, 3.05) is 25.1 Å². The first-order valence-corrected chi connectivity index (χ1v) is 11.1. The number of aryl methyl sites for hydroxylation is 1. The van der Waals surface area contributed by atoms with Crippen LogP contribution in [-0.4, -0.2) is 40.2 Å². The number of hydrogen-bond acceptors (Lipinski definition) is 6. The predicted octanol–water partition coefficient (Wildman–Crippen LogP) is 3.76. The monoisotopic (exact) mass is 433 g/mol. The molecule has 4 rings (SSSR count). The average Bonchev–Trinajstić information content (AvgIpc) is 2.82. The molecular formula is C25H31N5O2. The lowest BCUT2D eigenvalue weighted by molar-refractivity contribution is 0.0389. The molecule has 0 spiro atoms. The van der Waals surface area contributed by atoms with Gasteiger partial charge in [0.25, 0.3) is 5.56 Å². The summed E-state index contributed by atoms with van der Waals surface area (Å²) in [6, 6.07) is 14.6. The van der Waals surface area contributed by atoms with Crippen LogP contribution in [0.15, 0.2) is 53.5 Å². The maximum atomic E-state index is 12.1. The molecular weight excluding hydrogens is 402 g/mol. The van der Waals surface area contributed by atoms with Crippen molar-refractivity contribution in [1.29, 1.82) is 0 Å². The van der Waals surface area contributed by atoms with Crippen LogP contribution in [0.4, 0.5) is 5.82 Å². The van der Waals surface area contributed by atoms with Gasteiger partial charge in [0.15, 0.2) is 0 Å². The molecule has 7 heteroatoms. The van der Waals surface area contributed by atoms with Crippen molar-refractivity contribution in [2.24, 2.45) is 0 Å². The normalized spacial score (nSPS) is 16.5. The molecule has 1 aliphatic rings. The number of benzene rings is 1. The van der Waals surface area contributed by atoms with Gasteiger partial charge in [0, 0.05) is 54.4 Å². The quantitative estimate of drug-likeness (QED) is 0.525. The molecule has 168 valence electrons. The Labute approximate surface area is 188 Å². The Balaban J connectivity index is 1.46. The van der Waals surface area contributed by atoms with Gasteiger partial charge in [-0.1, -0.05) is 30.3 Å². The van der Waals surface area contributed by atoms with Crippen LogP contribution in [0.25, 0.3) is 11.4 Å². The summed E-state index contributed by atoms with van der Waals surface area (Å²) in [5.41, 5.74) is 3.23. The first-order valence-electron chi connectivity index (χ1n) is 11.1.